The predicted molar refractivity (Wildman–Crippen MR) is 159 cm³/mol. The summed E-state index contributed by atoms with van der Waals surface area (Å²) in [7, 11) is 0. The summed E-state index contributed by atoms with van der Waals surface area (Å²) in [6.07, 6.45) is 1.83. The van der Waals surface area contributed by atoms with Crippen molar-refractivity contribution in [3.63, 3.8) is 0 Å². The Kier molecular flexibility index (Phi) is 7.95. The van der Waals surface area contributed by atoms with Crippen LogP contribution in [0.4, 0.5) is 11.4 Å². The van der Waals surface area contributed by atoms with Crippen molar-refractivity contribution in [1.29, 1.82) is 0 Å². The Morgan fingerprint density at radius 2 is 0.868 bits per heavy atom. The Labute approximate surface area is 225 Å². The predicted octanol–water partition coefficient (Wildman–Crippen LogP) is 8.54. The molecular weight excluding hydrogens is 462 g/mol. The molecule has 1 heterocycles. The summed E-state index contributed by atoms with van der Waals surface area (Å²) in [6, 6.07) is 43.3. The first-order chi connectivity index (χ1) is 18.8. The van der Waals surface area contributed by atoms with Crippen LogP contribution < -0.4 is 0 Å². The molecule has 186 valence electrons. The average Bonchev–Trinajstić information content (AvgIpc) is 3.00. The summed E-state index contributed by atoms with van der Waals surface area (Å²) >= 11 is 0. The molecule has 0 aliphatic carbocycles. The van der Waals surface area contributed by atoms with E-state index in [0.29, 0.717) is 0 Å². The van der Waals surface area contributed by atoms with Crippen molar-refractivity contribution in [1.82, 2.24) is 4.98 Å². The number of aryl methyl sites for hydroxylation is 2. The first kappa shape index (κ1) is 25.0. The minimum Gasteiger partial charge on any atom is -0.246 e. The number of pyridine rings is 1. The largest absolute Gasteiger partial charge is 0.246 e. The lowest BCUT2D eigenvalue weighted by atomic mass is 10.0. The monoisotopic (exact) mass is 493 g/mol. The van der Waals surface area contributed by atoms with Gasteiger partial charge in [0.2, 0.25) is 0 Å². The summed E-state index contributed by atoms with van der Waals surface area (Å²) in [5, 5.41) is 0. The van der Waals surface area contributed by atoms with E-state index < -0.39 is 0 Å². The number of aliphatic imine (C=N–C) groups is 2. The van der Waals surface area contributed by atoms with Crippen LogP contribution in [-0.2, 0) is 12.8 Å². The van der Waals surface area contributed by atoms with Crippen LogP contribution in [0.5, 0.6) is 0 Å². The molecular formula is C35H31N3. The number of benzene rings is 4. The summed E-state index contributed by atoms with van der Waals surface area (Å²) in [5.41, 5.74) is 9.71. The van der Waals surface area contributed by atoms with Crippen LogP contribution in [-0.4, -0.2) is 16.4 Å². The highest BCUT2D eigenvalue weighted by atomic mass is 14.8. The summed E-state index contributed by atoms with van der Waals surface area (Å²) in [5.74, 6) is 0. The van der Waals surface area contributed by atoms with E-state index in [9.17, 15) is 0 Å². The van der Waals surface area contributed by atoms with E-state index in [2.05, 4.69) is 74.5 Å². The van der Waals surface area contributed by atoms with Gasteiger partial charge >= 0.3 is 0 Å². The molecule has 0 N–H and O–H groups in total. The van der Waals surface area contributed by atoms with Gasteiger partial charge in [0, 0.05) is 11.1 Å². The molecule has 0 aliphatic heterocycles. The third kappa shape index (κ3) is 5.68. The third-order valence-corrected chi connectivity index (χ3v) is 6.54. The van der Waals surface area contributed by atoms with E-state index in [1.54, 1.807) is 0 Å². The van der Waals surface area contributed by atoms with Crippen LogP contribution in [0.1, 0.15) is 47.5 Å². The van der Waals surface area contributed by atoms with E-state index in [4.69, 9.17) is 15.0 Å². The maximum atomic E-state index is 5.17. The number of rotatable bonds is 8. The molecule has 0 spiro atoms. The highest BCUT2D eigenvalue weighted by Crippen LogP contribution is 2.25. The van der Waals surface area contributed by atoms with Gasteiger partial charge in [0.1, 0.15) is 0 Å². The topological polar surface area (TPSA) is 37.6 Å². The van der Waals surface area contributed by atoms with Gasteiger partial charge in [-0.25, -0.2) is 15.0 Å². The number of aromatic nitrogens is 1. The molecule has 0 atom stereocenters. The van der Waals surface area contributed by atoms with Crippen molar-refractivity contribution in [2.45, 2.75) is 26.7 Å². The van der Waals surface area contributed by atoms with Crippen molar-refractivity contribution < 1.29 is 0 Å². The molecule has 0 bridgehead atoms. The summed E-state index contributed by atoms with van der Waals surface area (Å²) < 4.78 is 0. The third-order valence-electron chi connectivity index (χ3n) is 6.54. The van der Waals surface area contributed by atoms with E-state index in [0.717, 1.165) is 58.2 Å². The Balaban J connectivity index is 1.69. The first-order valence-electron chi connectivity index (χ1n) is 13.2. The zero-order chi connectivity index (χ0) is 26.2. The molecule has 0 unspecified atom stereocenters. The molecule has 0 fully saturated rings. The van der Waals surface area contributed by atoms with Crippen molar-refractivity contribution >= 4 is 22.8 Å². The van der Waals surface area contributed by atoms with Gasteiger partial charge < -0.3 is 0 Å². The second-order valence-electron chi connectivity index (χ2n) is 9.03. The van der Waals surface area contributed by atoms with E-state index in [-0.39, 0.29) is 0 Å². The van der Waals surface area contributed by atoms with Crippen LogP contribution in [0.3, 0.4) is 0 Å². The second-order valence-corrected chi connectivity index (χ2v) is 9.03. The van der Waals surface area contributed by atoms with Gasteiger partial charge in [-0.05, 0) is 48.2 Å². The maximum Gasteiger partial charge on any atom is 0.0966 e. The highest BCUT2D eigenvalue weighted by Gasteiger charge is 2.15. The zero-order valence-electron chi connectivity index (χ0n) is 21.9. The zero-order valence-corrected chi connectivity index (χ0v) is 21.9. The molecule has 3 heteroatoms. The van der Waals surface area contributed by atoms with Gasteiger partial charge in [-0.2, -0.15) is 0 Å². The molecule has 4 aromatic carbocycles. The molecule has 5 aromatic rings. The van der Waals surface area contributed by atoms with Crippen molar-refractivity contribution in [3.8, 4) is 0 Å². The van der Waals surface area contributed by atoms with Gasteiger partial charge in [0.05, 0.1) is 34.2 Å². The minimum absolute atomic E-state index is 0.812. The Bertz CT molecular complexity index is 1450. The van der Waals surface area contributed by atoms with Gasteiger partial charge in [0.25, 0.3) is 0 Å². The van der Waals surface area contributed by atoms with Gasteiger partial charge in [-0.15, -0.1) is 0 Å². The summed E-state index contributed by atoms with van der Waals surface area (Å²) in [4.78, 5) is 15.5. The van der Waals surface area contributed by atoms with Gasteiger partial charge in [-0.1, -0.05) is 117 Å². The average molecular weight is 494 g/mol. The van der Waals surface area contributed by atoms with Crippen molar-refractivity contribution in [3.05, 3.63) is 161 Å². The quantitative estimate of drug-likeness (QED) is 0.200. The lowest BCUT2D eigenvalue weighted by Crippen LogP contribution is -2.12. The Hall–Kier alpha value is -4.63. The van der Waals surface area contributed by atoms with Crippen LogP contribution in [0, 0.1) is 0 Å². The molecule has 0 saturated carbocycles. The molecule has 0 saturated heterocycles. The number of nitrogens with zero attached hydrogens (tertiary/aromatic N) is 3. The second kappa shape index (κ2) is 12.1. The van der Waals surface area contributed by atoms with Crippen molar-refractivity contribution in [2.24, 2.45) is 9.98 Å². The molecule has 0 aliphatic rings. The Morgan fingerprint density at radius 3 is 1.29 bits per heavy atom. The SMILES string of the molecule is CCc1ccccc1/N=C(\c1ccccc1)c1cccc(/C(=N/c2ccccc2CC)c2ccccc2)n1. The first-order valence-corrected chi connectivity index (χ1v) is 13.2. The van der Waals surface area contributed by atoms with Crippen LogP contribution >= 0.6 is 0 Å². The fraction of sp³-hybridized carbons (Fsp3) is 0.114. The van der Waals surface area contributed by atoms with E-state index in [1.807, 2.05) is 66.7 Å². The smallest absolute Gasteiger partial charge is 0.0966 e. The number of hydrogen-bond acceptors (Lipinski definition) is 3. The van der Waals surface area contributed by atoms with Crippen LogP contribution in [0.2, 0.25) is 0 Å². The molecule has 0 radical (unpaired) electrons. The molecule has 1 aromatic heterocycles. The molecule has 38 heavy (non-hydrogen) atoms. The normalized spacial score (nSPS) is 11.9. The highest BCUT2D eigenvalue weighted by molar-refractivity contribution is 6.15. The van der Waals surface area contributed by atoms with Gasteiger partial charge in [-0.3, -0.25) is 0 Å². The fourth-order valence-corrected chi connectivity index (χ4v) is 4.51. The lowest BCUT2D eigenvalue weighted by molar-refractivity contribution is 1.13. The Morgan fingerprint density at radius 1 is 0.474 bits per heavy atom. The minimum atomic E-state index is 0.812. The van der Waals surface area contributed by atoms with E-state index >= 15 is 0 Å². The lowest BCUT2D eigenvalue weighted by Gasteiger charge is -2.13. The van der Waals surface area contributed by atoms with Crippen LogP contribution in [0.25, 0.3) is 0 Å². The fourth-order valence-electron chi connectivity index (χ4n) is 4.51. The number of para-hydroxylation sites is 2. The van der Waals surface area contributed by atoms with Crippen LogP contribution in [0.15, 0.2) is 137 Å². The molecule has 3 nitrogen and oxygen atoms in total. The van der Waals surface area contributed by atoms with Gasteiger partial charge in [0.15, 0.2) is 0 Å². The number of hydrogen-bond donors (Lipinski definition) is 0. The van der Waals surface area contributed by atoms with Crippen molar-refractivity contribution in [2.75, 3.05) is 0 Å². The standard InChI is InChI=1S/C35H31N3/c1-3-26-16-11-13-22-30(26)37-34(28-18-7-5-8-19-28)32-24-15-25-33(36-32)35(29-20-9-6-10-21-29)38-31-23-14-12-17-27(31)4-2/h5-25H,3-4H2,1-2H3/b37-34+,38-35+. The summed E-state index contributed by atoms with van der Waals surface area (Å²) in [6.45, 7) is 4.32. The maximum absolute atomic E-state index is 5.17. The van der Waals surface area contributed by atoms with E-state index in [1.165, 1.54) is 11.1 Å². The molecule has 0 amide bonds. The molecule has 5 rings (SSSR count).